The molecule has 0 aromatic carbocycles. The summed E-state index contributed by atoms with van der Waals surface area (Å²) in [4.78, 5) is 12.8. The third-order valence-corrected chi connectivity index (χ3v) is 1.52. The van der Waals surface area contributed by atoms with E-state index in [0.29, 0.717) is 11.8 Å². The Morgan fingerprint density at radius 2 is 1.50 bits per heavy atom. The molecule has 0 bridgehead atoms. The molecule has 0 aliphatic heterocycles. The van der Waals surface area contributed by atoms with Crippen LogP contribution in [0.2, 0.25) is 0 Å². The molecule has 0 atom stereocenters. The van der Waals surface area contributed by atoms with Gasteiger partial charge in [0.05, 0.1) is 0 Å². The second kappa shape index (κ2) is 5.18. The molecule has 0 unspecified atom stereocenters. The lowest BCUT2D eigenvalue weighted by Crippen LogP contribution is -2.35. The van der Waals surface area contributed by atoms with E-state index in [-0.39, 0.29) is 5.91 Å². The zero-order valence-corrected chi connectivity index (χ0v) is 8.63. The normalized spacial score (nSPS) is 10.9. The van der Waals surface area contributed by atoms with Crippen LogP contribution in [0.4, 0.5) is 0 Å². The first-order valence-corrected chi connectivity index (χ1v) is 4.54. The monoisotopic (exact) mass is 170 g/mol. The van der Waals surface area contributed by atoms with Crippen LogP contribution in [0.25, 0.3) is 0 Å². The Balaban J connectivity index is 3.96. The van der Waals surface area contributed by atoms with Gasteiger partial charge in [-0.05, 0) is 11.8 Å². The molecule has 0 N–H and O–H groups in total. The number of nitrogens with zero attached hydrogens (tertiary/aromatic N) is 1. The van der Waals surface area contributed by atoms with Crippen LogP contribution in [0.3, 0.4) is 0 Å². The van der Waals surface area contributed by atoms with Crippen molar-refractivity contribution in [3.63, 3.8) is 0 Å². The first-order chi connectivity index (χ1) is 5.43. The number of carbonyl (C=O) groups excluding carboxylic acids is 1. The molecule has 0 spiro atoms. The van der Waals surface area contributed by atoms with E-state index >= 15 is 0 Å². The third-order valence-electron chi connectivity index (χ3n) is 1.52. The molecule has 71 valence electrons. The maximum atomic E-state index is 11.0. The highest BCUT2D eigenvalue weighted by Gasteiger charge is 2.11. The highest BCUT2D eigenvalue weighted by molar-refractivity contribution is 5.80. The number of amides is 1. The first-order valence-electron chi connectivity index (χ1n) is 4.54. The van der Waals surface area contributed by atoms with E-state index in [1.165, 1.54) is 0 Å². The van der Waals surface area contributed by atoms with Gasteiger partial charge in [-0.2, -0.15) is 0 Å². The molecule has 0 saturated heterocycles. The largest absolute Gasteiger partial charge is 0.342 e. The van der Waals surface area contributed by atoms with Gasteiger partial charge < -0.3 is 4.90 Å². The van der Waals surface area contributed by atoms with Crippen LogP contribution in [0, 0.1) is 18.8 Å². The van der Waals surface area contributed by atoms with Crippen molar-refractivity contribution in [2.45, 2.75) is 27.7 Å². The maximum Gasteiger partial charge on any atom is 0.223 e. The van der Waals surface area contributed by atoms with E-state index in [9.17, 15) is 4.79 Å². The summed E-state index contributed by atoms with van der Waals surface area (Å²) in [6, 6.07) is 0. The van der Waals surface area contributed by atoms with Crippen molar-refractivity contribution in [3.05, 3.63) is 6.92 Å². The van der Waals surface area contributed by atoms with Crippen molar-refractivity contribution >= 4 is 5.91 Å². The highest BCUT2D eigenvalue weighted by Crippen LogP contribution is 2.03. The van der Waals surface area contributed by atoms with Gasteiger partial charge in [-0.25, -0.2) is 0 Å². The number of hydrogen-bond acceptors (Lipinski definition) is 1. The Bertz CT molecular complexity index is 131. The Morgan fingerprint density at radius 3 is 1.67 bits per heavy atom. The van der Waals surface area contributed by atoms with Crippen LogP contribution in [-0.2, 0) is 4.79 Å². The third kappa shape index (κ3) is 5.16. The Morgan fingerprint density at radius 1 is 1.17 bits per heavy atom. The van der Waals surface area contributed by atoms with Crippen molar-refractivity contribution in [1.29, 1.82) is 0 Å². The first kappa shape index (κ1) is 11.5. The van der Waals surface area contributed by atoms with E-state index in [4.69, 9.17) is 0 Å². The standard InChI is InChI=1S/C10H20NO/c1-8(2)6-11(10(5)12)7-9(3)4/h8-9H,5-7H2,1-4H3. The molecule has 12 heavy (non-hydrogen) atoms. The van der Waals surface area contributed by atoms with Crippen molar-refractivity contribution in [3.8, 4) is 0 Å². The second-order valence-electron chi connectivity index (χ2n) is 4.09. The summed E-state index contributed by atoms with van der Waals surface area (Å²) in [5, 5.41) is 0. The minimum atomic E-state index is -0.0580. The quantitative estimate of drug-likeness (QED) is 0.631. The zero-order chi connectivity index (χ0) is 9.72. The lowest BCUT2D eigenvalue weighted by atomic mass is 10.1. The lowest BCUT2D eigenvalue weighted by molar-refractivity contribution is -0.127. The van der Waals surface area contributed by atoms with Crippen molar-refractivity contribution in [2.24, 2.45) is 11.8 Å². The van der Waals surface area contributed by atoms with Crippen LogP contribution in [-0.4, -0.2) is 23.9 Å². The molecule has 1 radical (unpaired) electrons. The van der Waals surface area contributed by atoms with Crippen LogP contribution in [0.1, 0.15) is 27.7 Å². The molecule has 0 aliphatic carbocycles. The molecule has 2 heteroatoms. The second-order valence-corrected chi connectivity index (χ2v) is 4.09. The summed E-state index contributed by atoms with van der Waals surface area (Å²) in [6.07, 6.45) is 0. The Labute approximate surface area is 75.9 Å². The average molecular weight is 170 g/mol. The molecule has 0 rings (SSSR count). The summed E-state index contributed by atoms with van der Waals surface area (Å²) in [7, 11) is 0. The fourth-order valence-electron chi connectivity index (χ4n) is 1.16. The van der Waals surface area contributed by atoms with Gasteiger partial charge in [-0.1, -0.05) is 27.7 Å². The van der Waals surface area contributed by atoms with Gasteiger partial charge in [-0.15, -0.1) is 0 Å². The van der Waals surface area contributed by atoms with Crippen LogP contribution < -0.4 is 0 Å². The summed E-state index contributed by atoms with van der Waals surface area (Å²) in [5.74, 6) is 0.987. The smallest absolute Gasteiger partial charge is 0.223 e. The van der Waals surface area contributed by atoms with Gasteiger partial charge in [0.25, 0.3) is 0 Å². The van der Waals surface area contributed by atoms with E-state index in [1.807, 2.05) is 4.90 Å². The van der Waals surface area contributed by atoms with Crippen molar-refractivity contribution in [2.75, 3.05) is 13.1 Å². The van der Waals surface area contributed by atoms with E-state index in [1.54, 1.807) is 0 Å². The predicted octanol–water partition coefficient (Wildman–Crippen LogP) is 1.96. The topological polar surface area (TPSA) is 20.3 Å². The minimum Gasteiger partial charge on any atom is -0.342 e. The molecule has 0 aromatic rings. The van der Waals surface area contributed by atoms with Crippen LogP contribution in [0.15, 0.2) is 0 Å². The fourth-order valence-corrected chi connectivity index (χ4v) is 1.16. The van der Waals surface area contributed by atoms with Gasteiger partial charge in [0.15, 0.2) is 0 Å². The highest BCUT2D eigenvalue weighted by atomic mass is 16.2. The Kier molecular flexibility index (Phi) is 4.95. The lowest BCUT2D eigenvalue weighted by Gasteiger charge is -2.24. The number of rotatable bonds is 4. The van der Waals surface area contributed by atoms with Gasteiger partial charge in [0.2, 0.25) is 5.91 Å². The summed E-state index contributed by atoms with van der Waals surface area (Å²) < 4.78 is 0. The molecular weight excluding hydrogens is 150 g/mol. The van der Waals surface area contributed by atoms with Crippen molar-refractivity contribution in [1.82, 2.24) is 4.90 Å². The van der Waals surface area contributed by atoms with Crippen molar-refractivity contribution < 1.29 is 4.79 Å². The molecule has 0 aliphatic rings. The van der Waals surface area contributed by atoms with E-state index in [2.05, 4.69) is 34.6 Å². The van der Waals surface area contributed by atoms with Gasteiger partial charge >= 0.3 is 0 Å². The van der Waals surface area contributed by atoms with Crippen LogP contribution in [0.5, 0.6) is 0 Å². The average Bonchev–Trinajstić information content (AvgIpc) is 1.83. The molecule has 0 fully saturated rings. The molecular formula is C10H20NO. The van der Waals surface area contributed by atoms with Gasteiger partial charge in [0, 0.05) is 20.0 Å². The fraction of sp³-hybridized carbons (Fsp3) is 0.800. The van der Waals surface area contributed by atoms with E-state index in [0.717, 1.165) is 13.1 Å². The van der Waals surface area contributed by atoms with Gasteiger partial charge in [0.1, 0.15) is 0 Å². The molecule has 1 amide bonds. The minimum absolute atomic E-state index is 0.0580. The number of carbonyl (C=O) groups is 1. The summed E-state index contributed by atoms with van der Waals surface area (Å²) in [5.41, 5.74) is 0. The molecule has 2 nitrogen and oxygen atoms in total. The van der Waals surface area contributed by atoms with Crippen LogP contribution >= 0.6 is 0 Å². The molecule has 0 saturated carbocycles. The maximum absolute atomic E-state index is 11.0. The molecule has 0 heterocycles. The summed E-state index contributed by atoms with van der Waals surface area (Å²) in [6.45, 7) is 13.5. The zero-order valence-electron chi connectivity index (χ0n) is 8.63. The Hall–Kier alpha value is -0.530. The summed E-state index contributed by atoms with van der Waals surface area (Å²) >= 11 is 0. The van der Waals surface area contributed by atoms with E-state index < -0.39 is 0 Å². The number of hydrogen-bond donors (Lipinski definition) is 0. The van der Waals surface area contributed by atoms with Gasteiger partial charge in [-0.3, -0.25) is 4.79 Å². The predicted molar refractivity (Wildman–Crippen MR) is 51.6 cm³/mol. The molecule has 0 aromatic heterocycles. The SMILES string of the molecule is [CH2]C(=O)N(CC(C)C)CC(C)C.